The average Bonchev–Trinajstić information content (AvgIpc) is 2.46. The lowest BCUT2D eigenvalue weighted by Gasteiger charge is -2.55. The highest BCUT2D eigenvalue weighted by Gasteiger charge is 2.57. The molecule has 1 unspecified atom stereocenters. The molecule has 1 aliphatic carbocycles. The maximum atomic E-state index is 10.8. The van der Waals surface area contributed by atoms with Gasteiger partial charge in [-0.25, -0.2) is 0 Å². The normalized spacial score (nSPS) is 39.2. The first-order valence-electron chi connectivity index (χ1n) is 6.67. The smallest absolute Gasteiger partial charge is 0.108 e. The van der Waals surface area contributed by atoms with Crippen molar-refractivity contribution in [2.45, 2.75) is 64.5 Å². The van der Waals surface area contributed by atoms with Crippen LogP contribution in [0.4, 0.5) is 0 Å². The van der Waals surface area contributed by atoms with Crippen LogP contribution in [0.15, 0.2) is 0 Å². The number of rotatable bonds is 1. The molecule has 17 heavy (non-hydrogen) atoms. The Bertz CT molecular complexity index is 287. The minimum Gasteiger partial charge on any atom is -0.385 e. The topological polar surface area (TPSA) is 55.5 Å². The van der Waals surface area contributed by atoms with Crippen LogP contribution in [-0.2, 0) is 4.74 Å². The van der Waals surface area contributed by atoms with Gasteiger partial charge in [0.25, 0.3) is 0 Å². The summed E-state index contributed by atoms with van der Waals surface area (Å²) >= 11 is 0. The third-order valence-electron chi connectivity index (χ3n) is 4.47. The number of aliphatic hydroxyl groups is 1. The molecule has 2 rings (SSSR count). The van der Waals surface area contributed by atoms with Gasteiger partial charge in [0, 0.05) is 18.6 Å². The molecule has 0 spiro atoms. The molecule has 3 heteroatoms. The summed E-state index contributed by atoms with van der Waals surface area (Å²) in [4.78, 5) is 0. The van der Waals surface area contributed by atoms with E-state index in [-0.39, 0.29) is 10.8 Å². The highest BCUT2D eigenvalue weighted by atomic mass is 16.5. The van der Waals surface area contributed by atoms with E-state index in [0.29, 0.717) is 19.6 Å². The zero-order valence-corrected chi connectivity index (χ0v) is 11.7. The van der Waals surface area contributed by atoms with Crippen LogP contribution >= 0.6 is 0 Å². The summed E-state index contributed by atoms with van der Waals surface area (Å²) in [6.45, 7) is 10.1. The van der Waals surface area contributed by atoms with Crippen molar-refractivity contribution in [3.63, 3.8) is 0 Å². The molecular weight excluding hydrogens is 214 g/mol. The molecule has 0 amide bonds. The van der Waals surface area contributed by atoms with Crippen molar-refractivity contribution >= 4 is 0 Å². The zero-order valence-electron chi connectivity index (χ0n) is 11.7. The van der Waals surface area contributed by atoms with Crippen LogP contribution in [0.1, 0.15) is 53.4 Å². The predicted octanol–water partition coefficient (Wildman–Crippen LogP) is 2.07. The van der Waals surface area contributed by atoms with Gasteiger partial charge in [-0.2, -0.15) is 0 Å². The van der Waals surface area contributed by atoms with Gasteiger partial charge in [-0.3, -0.25) is 0 Å². The van der Waals surface area contributed by atoms with Gasteiger partial charge in [0.2, 0.25) is 0 Å². The summed E-state index contributed by atoms with van der Waals surface area (Å²) in [6, 6.07) is 0. The minimum absolute atomic E-state index is 0.189. The molecule has 2 aliphatic rings. The fourth-order valence-corrected chi connectivity index (χ4v) is 4.47. The summed E-state index contributed by atoms with van der Waals surface area (Å²) in [6.07, 6.45) is 3.60. The Kier molecular flexibility index (Phi) is 2.89. The van der Waals surface area contributed by atoms with E-state index in [1.54, 1.807) is 0 Å². The van der Waals surface area contributed by atoms with E-state index in [9.17, 15) is 5.11 Å². The molecule has 1 saturated carbocycles. The molecule has 0 bridgehead atoms. The molecule has 0 aromatic carbocycles. The standard InChI is InChI=1S/C14H27NO2/c1-11(2)7-12(3,4)9-13(15,8-11)14(16)5-6-17-10-14/h16H,5-10,15H2,1-4H3. The predicted molar refractivity (Wildman–Crippen MR) is 68.7 cm³/mol. The van der Waals surface area contributed by atoms with Crippen molar-refractivity contribution in [2.24, 2.45) is 16.6 Å². The van der Waals surface area contributed by atoms with E-state index in [1.807, 2.05) is 0 Å². The van der Waals surface area contributed by atoms with Gasteiger partial charge in [-0.05, 0) is 30.1 Å². The Balaban J connectivity index is 2.30. The Morgan fingerprint density at radius 2 is 1.53 bits per heavy atom. The molecule has 1 atom stereocenters. The van der Waals surface area contributed by atoms with Gasteiger partial charge in [0.15, 0.2) is 0 Å². The Labute approximate surface area is 105 Å². The van der Waals surface area contributed by atoms with E-state index < -0.39 is 11.1 Å². The van der Waals surface area contributed by atoms with Gasteiger partial charge in [-0.15, -0.1) is 0 Å². The lowest BCUT2D eigenvalue weighted by molar-refractivity contribution is -0.0985. The summed E-state index contributed by atoms with van der Waals surface area (Å²) in [5.41, 5.74) is 5.66. The van der Waals surface area contributed by atoms with Crippen LogP contribution in [0.2, 0.25) is 0 Å². The van der Waals surface area contributed by atoms with Crippen molar-refractivity contribution in [1.29, 1.82) is 0 Å². The molecule has 100 valence electrons. The SMILES string of the molecule is CC1(C)CC(C)(C)CC(N)(C2(O)CCOC2)C1. The molecule has 3 N–H and O–H groups in total. The molecule has 0 aromatic rings. The van der Waals surface area contributed by atoms with Crippen molar-refractivity contribution in [3.8, 4) is 0 Å². The lowest BCUT2D eigenvalue weighted by atomic mass is 9.54. The Morgan fingerprint density at radius 1 is 1.00 bits per heavy atom. The van der Waals surface area contributed by atoms with E-state index in [4.69, 9.17) is 10.5 Å². The molecule has 3 nitrogen and oxygen atoms in total. The minimum atomic E-state index is -0.831. The fraction of sp³-hybridized carbons (Fsp3) is 1.00. The molecular formula is C14H27NO2. The quantitative estimate of drug-likeness (QED) is 0.739. The number of hydrogen-bond donors (Lipinski definition) is 2. The number of hydrogen-bond acceptors (Lipinski definition) is 3. The second kappa shape index (κ2) is 3.69. The van der Waals surface area contributed by atoms with Crippen molar-refractivity contribution < 1.29 is 9.84 Å². The van der Waals surface area contributed by atoms with Crippen LogP contribution in [0, 0.1) is 10.8 Å². The third-order valence-corrected chi connectivity index (χ3v) is 4.47. The van der Waals surface area contributed by atoms with E-state index in [2.05, 4.69) is 27.7 Å². The first kappa shape index (κ1) is 13.3. The molecule has 2 fully saturated rings. The molecule has 1 aliphatic heterocycles. The van der Waals surface area contributed by atoms with Gasteiger partial charge in [0.1, 0.15) is 5.60 Å². The third kappa shape index (κ3) is 2.38. The largest absolute Gasteiger partial charge is 0.385 e. The van der Waals surface area contributed by atoms with E-state index >= 15 is 0 Å². The molecule has 1 heterocycles. The van der Waals surface area contributed by atoms with Crippen LogP contribution in [-0.4, -0.2) is 29.5 Å². The summed E-state index contributed by atoms with van der Waals surface area (Å²) in [5, 5.41) is 10.8. The van der Waals surface area contributed by atoms with Gasteiger partial charge in [0.05, 0.1) is 6.61 Å². The van der Waals surface area contributed by atoms with Crippen molar-refractivity contribution in [3.05, 3.63) is 0 Å². The lowest BCUT2D eigenvalue weighted by Crippen LogP contribution is -2.66. The van der Waals surface area contributed by atoms with E-state index in [1.165, 1.54) is 0 Å². The van der Waals surface area contributed by atoms with Gasteiger partial charge < -0.3 is 15.6 Å². The fourth-order valence-electron chi connectivity index (χ4n) is 4.47. The Hall–Kier alpha value is -0.120. The molecule has 0 aromatic heterocycles. The second-order valence-corrected chi connectivity index (χ2v) is 7.85. The first-order chi connectivity index (χ1) is 7.58. The van der Waals surface area contributed by atoms with E-state index in [0.717, 1.165) is 19.3 Å². The molecule has 0 radical (unpaired) electrons. The highest BCUT2D eigenvalue weighted by Crippen LogP contribution is 2.53. The molecule has 1 saturated heterocycles. The van der Waals surface area contributed by atoms with Crippen LogP contribution < -0.4 is 5.73 Å². The summed E-state index contributed by atoms with van der Waals surface area (Å²) in [7, 11) is 0. The number of ether oxygens (including phenoxy) is 1. The van der Waals surface area contributed by atoms with Gasteiger partial charge in [-0.1, -0.05) is 27.7 Å². The highest BCUT2D eigenvalue weighted by molar-refractivity contribution is 5.12. The first-order valence-corrected chi connectivity index (χ1v) is 6.67. The monoisotopic (exact) mass is 241 g/mol. The average molecular weight is 241 g/mol. The maximum Gasteiger partial charge on any atom is 0.108 e. The maximum absolute atomic E-state index is 10.8. The number of nitrogens with two attached hydrogens (primary N) is 1. The zero-order chi connectivity index (χ0) is 12.9. The Morgan fingerprint density at radius 3 is 1.94 bits per heavy atom. The van der Waals surface area contributed by atoms with Crippen molar-refractivity contribution in [2.75, 3.05) is 13.2 Å². The van der Waals surface area contributed by atoms with Crippen LogP contribution in [0.3, 0.4) is 0 Å². The van der Waals surface area contributed by atoms with Gasteiger partial charge >= 0.3 is 0 Å². The van der Waals surface area contributed by atoms with Crippen LogP contribution in [0.25, 0.3) is 0 Å². The summed E-state index contributed by atoms with van der Waals surface area (Å²) < 4.78 is 5.38. The summed E-state index contributed by atoms with van der Waals surface area (Å²) in [5.74, 6) is 0. The van der Waals surface area contributed by atoms with Crippen LogP contribution in [0.5, 0.6) is 0 Å². The van der Waals surface area contributed by atoms with Crippen molar-refractivity contribution in [1.82, 2.24) is 0 Å². The second-order valence-electron chi connectivity index (χ2n) is 7.85.